The molecule has 3 atom stereocenters. The van der Waals surface area contributed by atoms with Crippen LogP contribution in [-0.2, 0) is 4.79 Å². The Morgan fingerprint density at radius 2 is 2.32 bits per heavy atom. The first-order chi connectivity index (χ1) is 9.01. The number of hydrogen-bond donors (Lipinski definition) is 3. The van der Waals surface area contributed by atoms with E-state index in [1.54, 1.807) is 6.82 Å². The van der Waals surface area contributed by atoms with E-state index in [2.05, 4.69) is 17.1 Å². The van der Waals surface area contributed by atoms with Crippen molar-refractivity contribution in [3.05, 3.63) is 0 Å². The summed E-state index contributed by atoms with van der Waals surface area (Å²) in [5.74, 6) is -0.725. The quantitative estimate of drug-likeness (QED) is 0.612. The van der Waals surface area contributed by atoms with Gasteiger partial charge in [-0.2, -0.15) is 0 Å². The minimum atomic E-state index is -0.725. The van der Waals surface area contributed by atoms with Crippen LogP contribution >= 0.6 is 0 Å². The number of nitrogens with zero attached hydrogens (tertiary/aromatic N) is 1. The zero-order valence-electron chi connectivity index (χ0n) is 11.9. The topological polar surface area (TPSA) is 72.8 Å². The Morgan fingerprint density at radius 3 is 2.89 bits per heavy atom. The van der Waals surface area contributed by atoms with E-state index in [-0.39, 0.29) is 12.3 Å². The SMILES string of the molecule is CCN1CC[C@]2(CCCB(C)O)[C@@H](C(=O)O)NC[C@H]12. The molecule has 19 heavy (non-hydrogen) atoms. The molecule has 0 aromatic heterocycles. The van der Waals surface area contributed by atoms with Crippen LogP contribution in [0.15, 0.2) is 0 Å². The summed E-state index contributed by atoms with van der Waals surface area (Å²) in [5.41, 5.74) is -0.142. The number of carbonyl (C=O) groups is 1. The molecule has 0 aromatic carbocycles. The van der Waals surface area contributed by atoms with Crippen molar-refractivity contribution in [3.8, 4) is 0 Å². The molecule has 0 bridgehead atoms. The van der Waals surface area contributed by atoms with Crippen LogP contribution in [0.2, 0.25) is 13.1 Å². The van der Waals surface area contributed by atoms with E-state index in [0.29, 0.717) is 6.04 Å². The Labute approximate surface area is 115 Å². The highest BCUT2D eigenvalue weighted by Gasteiger charge is 2.57. The molecule has 0 saturated carbocycles. The van der Waals surface area contributed by atoms with Gasteiger partial charge in [-0.05, 0) is 32.3 Å². The first kappa shape index (κ1) is 14.8. The first-order valence-corrected chi connectivity index (χ1v) is 7.39. The molecule has 2 rings (SSSR count). The van der Waals surface area contributed by atoms with Gasteiger partial charge in [-0.15, -0.1) is 0 Å². The molecular formula is C13H25BN2O3. The number of rotatable bonds is 6. The van der Waals surface area contributed by atoms with E-state index in [1.807, 2.05) is 0 Å². The van der Waals surface area contributed by atoms with E-state index in [9.17, 15) is 14.9 Å². The van der Waals surface area contributed by atoms with Crippen LogP contribution < -0.4 is 5.32 Å². The Bertz CT molecular complexity index is 340. The summed E-state index contributed by atoms with van der Waals surface area (Å²) in [5, 5.41) is 22.1. The largest absolute Gasteiger partial charge is 0.480 e. The van der Waals surface area contributed by atoms with E-state index in [0.717, 1.165) is 45.2 Å². The maximum atomic E-state index is 11.5. The highest BCUT2D eigenvalue weighted by atomic mass is 16.4. The predicted molar refractivity (Wildman–Crippen MR) is 75.4 cm³/mol. The summed E-state index contributed by atoms with van der Waals surface area (Å²) in [6.45, 7) is 6.40. The molecule has 0 radical (unpaired) electrons. The van der Waals surface area contributed by atoms with E-state index < -0.39 is 12.0 Å². The lowest BCUT2D eigenvalue weighted by atomic mass is 9.64. The van der Waals surface area contributed by atoms with Crippen molar-refractivity contribution in [3.63, 3.8) is 0 Å². The van der Waals surface area contributed by atoms with Crippen LogP contribution in [0.3, 0.4) is 0 Å². The molecule has 3 N–H and O–H groups in total. The number of likely N-dealkylation sites (tertiary alicyclic amines) is 1. The van der Waals surface area contributed by atoms with Crippen molar-refractivity contribution < 1.29 is 14.9 Å². The number of aliphatic carboxylic acids is 1. The molecule has 2 fully saturated rings. The van der Waals surface area contributed by atoms with Crippen molar-refractivity contribution in [2.75, 3.05) is 19.6 Å². The van der Waals surface area contributed by atoms with Crippen molar-refractivity contribution in [1.29, 1.82) is 0 Å². The second kappa shape index (κ2) is 5.81. The van der Waals surface area contributed by atoms with E-state index in [4.69, 9.17) is 0 Å². The van der Waals surface area contributed by atoms with Crippen LogP contribution in [0.1, 0.15) is 26.2 Å². The van der Waals surface area contributed by atoms with Gasteiger partial charge in [-0.25, -0.2) is 0 Å². The van der Waals surface area contributed by atoms with Crippen molar-refractivity contribution in [1.82, 2.24) is 10.2 Å². The zero-order valence-corrected chi connectivity index (χ0v) is 11.9. The lowest BCUT2D eigenvalue weighted by Gasteiger charge is -2.34. The molecule has 0 unspecified atom stereocenters. The third kappa shape index (κ3) is 2.66. The van der Waals surface area contributed by atoms with Crippen molar-refractivity contribution in [2.24, 2.45) is 5.41 Å². The maximum absolute atomic E-state index is 11.5. The van der Waals surface area contributed by atoms with Crippen LogP contribution in [0.25, 0.3) is 0 Å². The van der Waals surface area contributed by atoms with E-state index in [1.165, 1.54) is 0 Å². The van der Waals surface area contributed by atoms with Gasteiger partial charge >= 0.3 is 5.97 Å². The molecule has 5 nitrogen and oxygen atoms in total. The normalized spacial score (nSPS) is 34.5. The van der Waals surface area contributed by atoms with Gasteiger partial charge in [0.1, 0.15) is 6.04 Å². The molecular weight excluding hydrogens is 243 g/mol. The Kier molecular flexibility index (Phi) is 4.53. The fraction of sp³-hybridized carbons (Fsp3) is 0.923. The minimum absolute atomic E-state index is 0.142. The van der Waals surface area contributed by atoms with Crippen LogP contribution in [0, 0.1) is 5.41 Å². The number of fused-ring (bicyclic) bond motifs is 1. The Morgan fingerprint density at radius 1 is 1.58 bits per heavy atom. The Hall–Kier alpha value is -0.585. The number of likely N-dealkylation sites (N-methyl/N-ethyl adjacent to an activating group) is 1. The number of carboxylic acids is 1. The minimum Gasteiger partial charge on any atom is -0.480 e. The van der Waals surface area contributed by atoms with Gasteiger partial charge in [0, 0.05) is 18.0 Å². The van der Waals surface area contributed by atoms with Gasteiger partial charge in [0.15, 0.2) is 0 Å². The average molecular weight is 268 g/mol. The summed E-state index contributed by atoms with van der Waals surface area (Å²) in [6, 6.07) is -0.0874. The lowest BCUT2D eigenvalue weighted by molar-refractivity contribution is -0.142. The van der Waals surface area contributed by atoms with Gasteiger partial charge in [0.25, 0.3) is 6.92 Å². The molecule has 2 aliphatic rings. The summed E-state index contributed by atoms with van der Waals surface area (Å²) < 4.78 is 0. The summed E-state index contributed by atoms with van der Waals surface area (Å²) in [6.07, 6.45) is 3.50. The molecule has 2 saturated heterocycles. The lowest BCUT2D eigenvalue weighted by Crippen LogP contribution is -2.46. The molecule has 2 aliphatic heterocycles. The summed E-state index contributed by atoms with van der Waals surface area (Å²) in [7, 11) is 0. The molecule has 6 heteroatoms. The molecule has 108 valence electrons. The van der Waals surface area contributed by atoms with Gasteiger partial charge in [-0.1, -0.05) is 20.2 Å². The monoisotopic (exact) mass is 268 g/mol. The second-order valence-corrected chi connectivity index (χ2v) is 6.05. The third-order valence-corrected chi connectivity index (χ3v) is 4.98. The standard InChI is InChI=1S/C13H25BN2O3/c1-3-16-8-6-13(5-4-7-14(2)19)10(16)9-15-11(13)12(17)18/h10-11,15,19H,3-9H2,1-2H3,(H,17,18)/t10-,11+,13-/m0/s1. The number of hydrogen-bond acceptors (Lipinski definition) is 4. The van der Waals surface area contributed by atoms with Crippen LogP contribution in [0.4, 0.5) is 0 Å². The number of carboxylic acid groups (broad SMARTS) is 1. The van der Waals surface area contributed by atoms with Crippen LogP contribution in [-0.4, -0.2) is 59.6 Å². The van der Waals surface area contributed by atoms with Gasteiger partial charge in [0.2, 0.25) is 0 Å². The maximum Gasteiger partial charge on any atom is 0.321 e. The van der Waals surface area contributed by atoms with Gasteiger partial charge in [0.05, 0.1) is 0 Å². The second-order valence-electron chi connectivity index (χ2n) is 6.05. The summed E-state index contributed by atoms with van der Waals surface area (Å²) in [4.78, 5) is 13.9. The molecule has 0 spiro atoms. The highest BCUT2D eigenvalue weighted by molar-refractivity contribution is 6.48. The first-order valence-electron chi connectivity index (χ1n) is 7.39. The Balaban J connectivity index is 2.11. The van der Waals surface area contributed by atoms with Crippen molar-refractivity contribution >= 4 is 12.9 Å². The summed E-state index contributed by atoms with van der Waals surface area (Å²) >= 11 is 0. The van der Waals surface area contributed by atoms with Gasteiger partial charge in [-0.3, -0.25) is 9.69 Å². The smallest absolute Gasteiger partial charge is 0.321 e. The fourth-order valence-electron chi connectivity index (χ4n) is 4.01. The molecule has 2 heterocycles. The fourth-order valence-corrected chi connectivity index (χ4v) is 4.01. The average Bonchev–Trinajstić information content (AvgIpc) is 2.84. The molecule has 0 aliphatic carbocycles. The highest BCUT2D eigenvalue weighted by Crippen LogP contribution is 2.47. The third-order valence-electron chi connectivity index (χ3n) is 4.98. The molecule has 0 aromatic rings. The number of nitrogens with one attached hydrogen (secondary N) is 1. The van der Waals surface area contributed by atoms with Crippen molar-refractivity contribution in [2.45, 2.75) is 51.4 Å². The van der Waals surface area contributed by atoms with Gasteiger partial charge < -0.3 is 15.4 Å². The molecule has 0 amide bonds. The predicted octanol–water partition coefficient (Wildman–Crippen LogP) is 0.517. The van der Waals surface area contributed by atoms with Crippen LogP contribution in [0.5, 0.6) is 0 Å². The van der Waals surface area contributed by atoms with E-state index >= 15 is 0 Å². The zero-order chi connectivity index (χ0) is 14.0.